The summed E-state index contributed by atoms with van der Waals surface area (Å²) >= 11 is 1.45. The molecule has 6 nitrogen and oxygen atoms in total. The topological polar surface area (TPSA) is 72.7 Å². The molecule has 3 rings (SSSR count). The number of aromatic nitrogens is 4. The second-order valence-electron chi connectivity index (χ2n) is 6.74. The van der Waals surface area contributed by atoms with E-state index in [0.29, 0.717) is 12.0 Å². The molecule has 0 bridgehead atoms. The SMILES string of the molecule is C[C@@H](Sc1nnc(-c2ccncc2)n1C)C(=O)N[C@@H]1CCCC[C@@H]1C. The van der Waals surface area contributed by atoms with Crippen LogP contribution in [0.4, 0.5) is 0 Å². The molecule has 3 atom stereocenters. The van der Waals surface area contributed by atoms with Crippen LogP contribution in [-0.2, 0) is 11.8 Å². The van der Waals surface area contributed by atoms with Crippen molar-refractivity contribution in [2.45, 2.75) is 56.0 Å². The van der Waals surface area contributed by atoms with Gasteiger partial charge in [-0.05, 0) is 37.8 Å². The Kier molecular flexibility index (Phi) is 5.73. The number of rotatable bonds is 5. The third kappa shape index (κ3) is 4.21. The van der Waals surface area contributed by atoms with E-state index in [4.69, 9.17) is 0 Å². The molecule has 0 aromatic carbocycles. The highest BCUT2D eigenvalue weighted by atomic mass is 32.2. The zero-order chi connectivity index (χ0) is 17.8. The van der Waals surface area contributed by atoms with Gasteiger partial charge in [0.15, 0.2) is 11.0 Å². The average Bonchev–Trinajstić information content (AvgIpc) is 2.98. The molecule has 134 valence electrons. The van der Waals surface area contributed by atoms with Crippen molar-refractivity contribution in [3.8, 4) is 11.4 Å². The fourth-order valence-electron chi connectivity index (χ4n) is 3.21. The summed E-state index contributed by atoms with van der Waals surface area (Å²) in [4.78, 5) is 16.6. The van der Waals surface area contributed by atoms with Gasteiger partial charge in [0.25, 0.3) is 0 Å². The van der Waals surface area contributed by atoms with Crippen molar-refractivity contribution in [2.24, 2.45) is 13.0 Å². The summed E-state index contributed by atoms with van der Waals surface area (Å²) in [5.41, 5.74) is 0.963. The van der Waals surface area contributed by atoms with E-state index in [-0.39, 0.29) is 11.2 Å². The first-order valence-electron chi connectivity index (χ1n) is 8.83. The van der Waals surface area contributed by atoms with Crippen molar-refractivity contribution in [2.75, 3.05) is 0 Å². The van der Waals surface area contributed by atoms with Crippen LogP contribution < -0.4 is 5.32 Å². The Hall–Kier alpha value is -1.89. The Morgan fingerprint density at radius 2 is 2.00 bits per heavy atom. The van der Waals surface area contributed by atoms with Gasteiger partial charge in [-0.1, -0.05) is 31.5 Å². The van der Waals surface area contributed by atoms with E-state index < -0.39 is 0 Å². The van der Waals surface area contributed by atoms with Crippen molar-refractivity contribution in [1.82, 2.24) is 25.1 Å². The van der Waals surface area contributed by atoms with E-state index in [1.165, 1.54) is 31.0 Å². The monoisotopic (exact) mass is 359 g/mol. The zero-order valence-electron chi connectivity index (χ0n) is 15.0. The van der Waals surface area contributed by atoms with E-state index in [1.807, 2.05) is 30.7 Å². The molecule has 0 saturated heterocycles. The minimum Gasteiger partial charge on any atom is -0.352 e. The summed E-state index contributed by atoms with van der Waals surface area (Å²) < 4.78 is 1.92. The van der Waals surface area contributed by atoms with Gasteiger partial charge in [0.2, 0.25) is 5.91 Å². The van der Waals surface area contributed by atoms with Crippen molar-refractivity contribution < 1.29 is 4.79 Å². The molecule has 0 spiro atoms. The summed E-state index contributed by atoms with van der Waals surface area (Å²) in [5.74, 6) is 1.42. The van der Waals surface area contributed by atoms with Crippen LogP contribution in [-0.4, -0.2) is 36.9 Å². The molecule has 2 heterocycles. The first kappa shape index (κ1) is 17.9. The number of amides is 1. The Morgan fingerprint density at radius 3 is 2.72 bits per heavy atom. The number of carbonyl (C=O) groups is 1. The average molecular weight is 359 g/mol. The van der Waals surface area contributed by atoms with Crippen LogP contribution >= 0.6 is 11.8 Å². The first-order chi connectivity index (χ1) is 12.1. The Labute approximate surface area is 152 Å². The zero-order valence-corrected chi connectivity index (χ0v) is 15.8. The number of pyridine rings is 1. The molecule has 1 aliphatic rings. The van der Waals surface area contributed by atoms with E-state index in [2.05, 4.69) is 27.4 Å². The highest BCUT2D eigenvalue weighted by Gasteiger charge is 2.26. The standard InChI is InChI=1S/C18H25N5OS/c1-12-6-4-5-7-15(12)20-17(24)13(2)25-18-22-21-16(23(18)3)14-8-10-19-11-9-14/h8-13,15H,4-7H2,1-3H3,(H,20,24)/t12-,13+,15+/m0/s1. The molecule has 7 heteroatoms. The van der Waals surface area contributed by atoms with E-state index in [1.54, 1.807) is 12.4 Å². The molecule has 1 fully saturated rings. The fraction of sp³-hybridized carbons (Fsp3) is 0.556. The van der Waals surface area contributed by atoms with Crippen LogP contribution in [0.25, 0.3) is 11.4 Å². The lowest BCUT2D eigenvalue weighted by atomic mass is 9.86. The molecule has 25 heavy (non-hydrogen) atoms. The molecular formula is C18H25N5OS. The lowest BCUT2D eigenvalue weighted by Crippen LogP contribution is -2.44. The van der Waals surface area contributed by atoms with Gasteiger partial charge in [0.1, 0.15) is 0 Å². The first-order valence-corrected chi connectivity index (χ1v) is 9.71. The third-order valence-electron chi connectivity index (χ3n) is 4.86. The Balaban J connectivity index is 1.64. The molecule has 0 unspecified atom stereocenters. The molecule has 2 aromatic rings. The highest BCUT2D eigenvalue weighted by molar-refractivity contribution is 8.00. The number of nitrogens with zero attached hydrogens (tertiary/aromatic N) is 4. The summed E-state index contributed by atoms with van der Waals surface area (Å²) in [6.07, 6.45) is 8.23. The Bertz CT molecular complexity index is 718. The van der Waals surface area contributed by atoms with E-state index in [0.717, 1.165) is 23.0 Å². The summed E-state index contributed by atoms with van der Waals surface area (Å²) in [6, 6.07) is 4.11. The van der Waals surface area contributed by atoms with Crippen LogP contribution in [0.5, 0.6) is 0 Å². The molecule has 1 N–H and O–H groups in total. The second kappa shape index (κ2) is 7.99. The number of hydrogen-bond acceptors (Lipinski definition) is 5. The molecule has 0 aliphatic heterocycles. The lowest BCUT2D eigenvalue weighted by Gasteiger charge is -2.30. The number of carbonyl (C=O) groups excluding carboxylic acids is 1. The van der Waals surface area contributed by atoms with Gasteiger partial charge in [-0.2, -0.15) is 0 Å². The van der Waals surface area contributed by atoms with E-state index in [9.17, 15) is 4.79 Å². The van der Waals surface area contributed by atoms with Gasteiger partial charge in [0.05, 0.1) is 5.25 Å². The number of hydrogen-bond donors (Lipinski definition) is 1. The maximum absolute atomic E-state index is 12.6. The number of thioether (sulfide) groups is 1. The molecule has 1 saturated carbocycles. The largest absolute Gasteiger partial charge is 0.352 e. The van der Waals surface area contributed by atoms with Crippen LogP contribution in [0, 0.1) is 5.92 Å². The molecule has 0 radical (unpaired) electrons. The summed E-state index contributed by atoms with van der Waals surface area (Å²) in [5, 5.41) is 12.3. The lowest BCUT2D eigenvalue weighted by molar-refractivity contribution is -0.121. The van der Waals surface area contributed by atoms with Crippen LogP contribution in [0.2, 0.25) is 0 Å². The van der Waals surface area contributed by atoms with Crippen LogP contribution in [0.3, 0.4) is 0 Å². The second-order valence-corrected chi connectivity index (χ2v) is 8.05. The van der Waals surface area contributed by atoms with Gasteiger partial charge < -0.3 is 9.88 Å². The predicted octanol–water partition coefficient (Wildman–Crippen LogP) is 3.05. The van der Waals surface area contributed by atoms with Crippen molar-refractivity contribution in [1.29, 1.82) is 0 Å². The maximum atomic E-state index is 12.6. The minimum absolute atomic E-state index is 0.0808. The fourth-order valence-corrected chi connectivity index (χ4v) is 4.04. The predicted molar refractivity (Wildman–Crippen MR) is 99.1 cm³/mol. The highest BCUT2D eigenvalue weighted by Crippen LogP contribution is 2.27. The smallest absolute Gasteiger partial charge is 0.233 e. The normalized spacial score (nSPS) is 21.7. The van der Waals surface area contributed by atoms with Gasteiger partial charge in [0, 0.05) is 31.0 Å². The van der Waals surface area contributed by atoms with Gasteiger partial charge in [-0.3, -0.25) is 9.78 Å². The minimum atomic E-state index is -0.206. The Morgan fingerprint density at radius 1 is 1.28 bits per heavy atom. The van der Waals surface area contributed by atoms with Gasteiger partial charge >= 0.3 is 0 Å². The molecule has 1 amide bonds. The molecule has 1 aliphatic carbocycles. The maximum Gasteiger partial charge on any atom is 0.233 e. The number of nitrogens with one attached hydrogen (secondary N) is 1. The van der Waals surface area contributed by atoms with Crippen LogP contribution in [0.1, 0.15) is 39.5 Å². The van der Waals surface area contributed by atoms with E-state index >= 15 is 0 Å². The van der Waals surface area contributed by atoms with Gasteiger partial charge in [-0.25, -0.2) is 0 Å². The van der Waals surface area contributed by atoms with Crippen molar-refractivity contribution in [3.63, 3.8) is 0 Å². The van der Waals surface area contributed by atoms with Crippen molar-refractivity contribution in [3.05, 3.63) is 24.5 Å². The quantitative estimate of drug-likeness (QED) is 0.831. The van der Waals surface area contributed by atoms with Gasteiger partial charge in [-0.15, -0.1) is 10.2 Å². The van der Waals surface area contributed by atoms with Crippen molar-refractivity contribution >= 4 is 17.7 Å². The summed E-state index contributed by atoms with van der Waals surface area (Å²) in [7, 11) is 1.92. The van der Waals surface area contributed by atoms with Crippen LogP contribution in [0.15, 0.2) is 29.7 Å². The molecule has 2 aromatic heterocycles. The summed E-state index contributed by atoms with van der Waals surface area (Å²) in [6.45, 7) is 4.15. The molecular weight excluding hydrogens is 334 g/mol. The third-order valence-corrected chi connectivity index (χ3v) is 6.00.